The standard InChI is InChI=1S/C21H18O6/c22-11-16-15-10-17(23)26-20(18(15)24)19(16)27-21(25)14-8-6-13(7-9-14)12-4-2-1-3-5-12/h1-9,11,15-16,18-20,24H,10H2/t15-,16+,18+,19+,20?/m1/s1. The van der Waals surface area contributed by atoms with Crippen molar-refractivity contribution in [2.45, 2.75) is 24.7 Å². The van der Waals surface area contributed by atoms with E-state index in [1.165, 1.54) is 0 Å². The van der Waals surface area contributed by atoms with Gasteiger partial charge >= 0.3 is 11.9 Å². The van der Waals surface area contributed by atoms with Crippen LogP contribution in [0.2, 0.25) is 0 Å². The van der Waals surface area contributed by atoms with Crippen LogP contribution in [0.5, 0.6) is 0 Å². The van der Waals surface area contributed by atoms with E-state index in [0.717, 1.165) is 11.1 Å². The maximum Gasteiger partial charge on any atom is 0.338 e. The van der Waals surface area contributed by atoms with E-state index < -0.39 is 42.1 Å². The minimum atomic E-state index is -1.00. The second-order valence-corrected chi connectivity index (χ2v) is 6.84. The third kappa shape index (κ3) is 3.13. The first-order valence-corrected chi connectivity index (χ1v) is 8.78. The quantitative estimate of drug-likeness (QED) is 0.658. The van der Waals surface area contributed by atoms with Crippen molar-refractivity contribution in [3.8, 4) is 11.1 Å². The Labute approximate surface area is 155 Å². The number of hydrogen-bond donors (Lipinski definition) is 1. The number of ether oxygens (including phenoxy) is 2. The van der Waals surface area contributed by atoms with Gasteiger partial charge in [-0.2, -0.15) is 0 Å². The Hall–Kier alpha value is -2.99. The third-order valence-electron chi connectivity index (χ3n) is 5.27. The molecule has 0 radical (unpaired) electrons. The summed E-state index contributed by atoms with van der Waals surface area (Å²) in [7, 11) is 0. The van der Waals surface area contributed by atoms with E-state index in [0.29, 0.717) is 11.8 Å². The van der Waals surface area contributed by atoms with Crippen LogP contribution in [-0.2, 0) is 19.1 Å². The van der Waals surface area contributed by atoms with E-state index in [4.69, 9.17) is 9.47 Å². The summed E-state index contributed by atoms with van der Waals surface area (Å²) in [5.74, 6) is -2.45. The van der Waals surface area contributed by atoms with Crippen molar-refractivity contribution < 1.29 is 29.0 Å². The number of rotatable bonds is 4. The first-order valence-electron chi connectivity index (χ1n) is 8.78. The molecule has 2 aliphatic rings. The molecule has 0 spiro atoms. The van der Waals surface area contributed by atoms with E-state index in [1.807, 2.05) is 42.5 Å². The summed E-state index contributed by atoms with van der Waals surface area (Å²) in [6.07, 6.45) is -2.40. The van der Waals surface area contributed by atoms with Crippen LogP contribution in [0.1, 0.15) is 16.8 Å². The Morgan fingerprint density at radius 3 is 2.41 bits per heavy atom. The Morgan fingerprint density at radius 2 is 1.74 bits per heavy atom. The summed E-state index contributed by atoms with van der Waals surface area (Å²) >= 11 is 0. The van der Waals surface area contributed by atoms with Gasteiger partial charge in [-0.15, -0.1) is 0 Å². The van der Waals surface area contributed by atoms with Crippen molar-refractivity contribution in [3.05, 3.63) is 60.2 Å². The highest BCUT2D eigenvalue weighted by atomic mass is 16.6. The highest BCUT2D eigenvalue weighted by Crippen LogP contribution is 2.41. The predicted molar refractivity (Wildman–Crippen MR) is 94.6 cm³/mol. The molecule has 1 saturated carbocycles. The molecule has 1 N–H and O–H groups in total. The zero-order valence-corrected chi connectivity index (χ0v) is 14.4. The lowest BCUT2D eigenvalue weighted by molar-refractivity contribution is -0.168. The molecule has 6 heteroatoms. The number of carbonyl (C=O) groups is 3. The first kappa shape index (κ1) is 17.4. The Kier molecular flexibility index (Phi) is 4.49. The SMILES string of the molecule is O=C[C@H]1[C@H]2CC(=O)OC([C@H]2O)[C@H]1OC(=O)c1ccc(-c2ccccc2)cc1. The van der Waals surface area contributed by atoms with Crippen molar-refractivity contribution in [2.24, 2.45) is 11.8 Å². The van der Waals surface area contributed by atoms with E-state index in [2.05, 4.69) is 0 Å². The van der Waals surface area contributed by atoms with Gasteiger partial charge in [0.2, 0.25) is 0 Å². The molecule has 6 nitrogen and oxygen atoms in total. The highest BCUT2D eigenvalue weighted by Gasteiger charge is 2.57. The van der Waals surface area contributed by atoms with E-state index in [9.17, 15) is 19.5 Å². The first-order chi connectivity index (χ1) is 13.1. The monoisotopic (exact) mass is 366 g/mol. The van der Waals surface area contributed by atoms with Crippen LogP contribution in [0.15, 0.2) is 54.6 Å². The van der Waals surface area contributed by atoms with Crippen LogP contribution in [0.25, 0.3) is 11.1 Å². The molecule has 1 unspecified atom stereocenters. The van der Waals surface area contributed by atoms with Gasteiger partial charge in [0.25, 0.3) is 0 Å². The van der Waals surface area contributed by atoms with Crippen LogP contribution >= 0.6 is 0 Å². The smallest absolute Gasteiger partial charge is 0.338 e. The van der Waals surface area contributed by atoms with Crippen molar-refractivity contribution in [3.63, 3.8) is 0 Å². The summed E-state index contributed by atoms with van der Waals surface area (Å²) < 4.78 is 10.6. The highest BCUT2D eigenvalue weighted by molar-refractivity contribution is 5.90. The molecule has 4 rings (SSSR count). The Morgan fingerprint density at radius 1 is 1.07 bits per heavy atom. The van der Waals surface area contributed by atoms with Gasteiger partial charge in [-0.25, -0.2) is 4.79 Å². The van der Waals surface area contributed by atoms with Crippen molar-refractivity contribution in [1.82, 2.24) is 0 Å². The Bertz CT molecular complexity index is 860. The third-order valence-corrected chi connectivity index (χ3v) is 5.27. The molecule has 1 heterocycles. The minimum Gasteiger partial charge on any atom is -0.456 e. The molecular formula is C21H18O6. The van der Waals surface area contributed by atoms with Gasteiger partial charge in [-0.05, 0) is 23.3 Å². The average Bonchev–Trinajstić information content (AvgIpc) is 2.84. The fourth-order valence-electron chi connectivity index (χ4n) is 3.86. The van der Waals surface area contributed by atoms with Crippen LogP contribution in [0.3, 0.4) is 0 Å². The second kappa shape index (κ2) is 6.96. The van der Waals surface area contributed by atoms with Crippen LogP contribution in [0, 0.1) is 11.8 Å². The lowest BCUT2D eigenvalue weighted by atomic mass is 9.91. The summed E-state index contributed by atoms with van der Waals surface area (Å²) in [4.78, 5) is 35.6. The molecule has 27 heavy (non-hydrogen) atoms. The number of benzene rings is 2. The average molecular weight is 366 g/mol. The number of aliphatic hydroxyl groups is 1. The lowest BCUT2D eigenvalue weighted by Crippen LogP contribution is -2.41. The van der Waals surface area contributed by atoms with E-state index in [1.54, 1.807) is 12.1 Å². The molecule has 138 valence electrons. The van der Waals surface area contributed by atoms with Crippen molar-refractivity contribution in [2.75, 3.05) is 0 Å². The summed E-state index contributed by atoms with van der Waals surface area (Å²) in [5, 5.41) is 10.2. The van der Waals surface area contributed by atoms with Crippen molar-refractivity contribution >= 4 is 18.2 Å². The molecule has 1 saturated heterocycles. The fourth-order valence-corrected chi connectivity index (χ4v) is 3.86. The number of esters is 2. The minimum absolute atomic E-state index is 0.0547. The van der Waals surface area contributed by atoms with Crippen LogP contribution < -0.4 is 0 Å². The van der Waals surface area contributed by atoms with Crippen molar-refractivity contribution in [1.29, 1.82) is 0 Å². The number of carbonyl (C=O) groups excluding carboxylic acids is 3. The molecule has 0 aromatic heterocycles. The molecule has 2 aromatic rings. The van der Waals surface area contributed by atoms with Gasteiger partial charge in [-0.1, -0.05) is 42.5 Å². The predicted octanol–water partition coefficient (Wildman–Crippen LogP) is 2.00. The van der Waals surface area contributed by atoms with Gasteiger partial charge in [-0.3, -0.25) is 4.79 Å². The van der Waals surface area contributed by atoms with E-state index in [-0.39, 0.29) is 6.42 Å². The van der Waals surface area contributed by atoms with Gasteiger partial charge in [0.15, 0.2) is 12.2 Å². The topological polar surface area (TPSA) is 89.9 Å². The van der Waals surface area contributed by atoms with Gasteiger partial charge in [0.05, 0.1) is 24.0 Å². The summed E-state index contributed by atoms with van der Waals surface area (Å²) in [6.45, 7) is 0. The molecule has 1 aliphatic carbocycles. The maximum absolute atomic E-state index is 12.5. The van der Waals surface area contributed by atoms with Gasteiger partial charge < -0.3 is 19.4 Å². The molecular weight excluding hydrogens is 348 g/mol. The summed E-state index contributed by atoms with van der Waals surface area (Å²) in [5.41, 5.74) is 2.30. The molecule has 2 aromatic carbocycles. The zero-order chi connectivity index (χ0) is 19.0. The maximum atomic E-state index is 12.5. The molecule has 5 atom stereocenters. The molecule has 2 fully saturated rings. The normalized spacial score (nSPS) is 29.1. The molecule has 1 aliphatic heterocycles. The lowest BCUT2D eigenvalue weighted by Gasteiger charge is -2.26. The van der Waals surface area contributed by atoms with Crippen LogP contribution in [0.4, 0.5) is 0 Å². The second-order valence-electron chi connectivity index (χ2n) is 6.84. The molecule has 2 bridgehead atoms. The number of fused-ring (bicyclic) bond motifs is 2. The number of aliphatic hydroxyl groups excluding tert-OH is 1. The number of hydrogen-bond acceptors (Lipinski definition) is 6. The van der Waals surface area contributed by atoms with Gasteiger partial charge in [0.1, 0.15) is 6.29 Å². The number of aldehydes is 1. The van der Waals surface area contributed by atoms with Gasteiger partial charge in [0, 0.05) is 5.92 Å². The van der Waals surface area contributed by atoms with E-state index >= 15 is 0 Å². The Balaban J connectivity index is 1.52. The molecule has 0 amide bonds. The van der Waals surface area contributed by atoms with Crippen LogP contribution in [-0.4, -0.2) is 41.6 Å². The fraction of sp³-hybridized carbons (Fsp3) is 0.286. The largest absolute Gasteiger partial charge is 0.456 e. The zero-order valence-electron chi connectivity index (χ0n) is 14.4. The summed E-state index contributed by atoms with van der Waals surface area (Å²) in [6, 6.07) is 16.6.